The van der Waals surface area contributed by atoms with Gasteiger partial charge in [0, 0.05) is 11.8 Å². The Morgan fingerprint density at radius 2 is 2.03 bits per heavy atom. The molecule has 0 saturated heterocycles. The molecular formula is C23H20BrFN4O3. The molecule has 0 saturated carbocycles. The number of amides is 1. The normalized spacial score (nSPS) is 11.9. The summed E-state index contributed by atoms with van der Waals surface area (Å²) >= 11 is 3.16. The Balaban J connectivity index is 1.46. The van der Waals surface area contributed by atoms with Gasteiger partial charge in [0.1, 0.15) is 23.8 Å². The molecule has 2 aromatic heterocycles. The lowest BCUT2D eigenvalue weighted by molar-refractivity contribution is -0.122. The molecule has 1 amide bonds. The minimum absolute atomic E-state index is 0.0860. The summed E-state index contributed by atoms with van der Waals surface area (Å²) in [4.78, 5) is 17.0. The number of carbonyl (C=O) groups excluding carboxylic acids is 1. The number of halogens is 2. The van der Waals surface area contributed by atoms with Crippen LogP contribution in [-0.2, 0) is 11.3 Å². The maximum absolute atomic E-state index is 13.5. The number of methoxy groups -OCH3 is 1. The lowest BCUT2D eigenvalue weighted by Crippen LogP contribution is -2.30. The molecule has 0 fully saturated rings. The van der Waals surface area contributed by atoms with Crippen LogP contribution in [0.3, 0.4) is 0 Å². The third-order valence-electron chi connectivity index (χ3n) is 4.96. The summed E-state index contributed by atoms with van der Waals surface area (Å²) in [7, 11) is 1.61. The number of aromatic nitrogens is 3. The Kier molecular flexibility index (Phi) is 6.36. The van der Waals surface area contributed by atoms with Gasteiger partial charge in [-0.25, -0.2) is 4.39 Å². The van der Waals surface area contributed by atoms with Crippen molar-refractivity contribution in [2.45, 2.75) is 19.5 Å². The summed E-state index contributed by atoms with van der Waals surface area (Å²) in [6, 6.07) is 15.4. The minimum atomic E-state index is -0.374. The standard InChI is InChI=1S/C23H20BrFN4O3/c1-14(15-5-8-17(31-2)9-6-15)26-21(30)13-29-11-3-4-20(29)23-27-22(28-32-23)16-7-10-19(25)18(24)12-16/h3-12,14H,13H2,1-2H3,(H,26,30)/t14-/m0/s1. The lowest BCUT2D eigenvalue weighted by Gasteiger charge is -2.15. The topological polar surface area (TPSA) is 82.2 Å². The van der Waals surface area contributed by atoms with Crippen LogP contribution in [0.25, 0.3) is 23.0 Å². The highest BCUT2D eigenvalue weighted by Gasteiger charge is 2.17. The maximum atomic E-state index is 13.5. The fraction of sp³-hybridized carbons (Fsp3) is 0.174. The van der Waals surface area contributed by atoms with Gasteiger partial charge >= 0.3 is 0 Å². The van der Waals surface area contributed by atoms with E-state index in [0.717, 1.165) is 11.3 Å². The molecule has 0 aliphatic carbocycles. The van der Waals surface area contributed by atoms with Crippen LogP contribution in [0.15, 0.2) is 69.8 Å². The van der Waals surface area contributed by atoms with Gasteiger partial charge in [-0.1, -0.05) is 17.3 Å². The van der Waals surface area contributed by atoms with Gasteiger partial charge in [-0.05, 0) is 70.9 Å². The minimum Gasteiger partial charge on any atom is -0.497 e. The van der Waals surface area contributed by atoms with Gasteiger partial charge in [-0.2, -0.15) is 4.98 Å². The largest absolute Gasteiger partial charge is 0.497 e. The summed E-state index contributed by atoms with van der Waals surface area (Å²) in [5.74, 6) is 0.817. The van der Waals surface area contributed by atoms with Crippen LogP contribution in [0, 0.1) is 5.82 Å². The van der Waals surface area contributed by atoms with Crippen LogP contribution in [0.4, 0.5) is 4.39 Å². The first-order chi connectivity index (χ1) is 15.4. The SMILES string of the molecule is COc1ccc([C@H](C)NC(=O)Cn2cccc2-c2nc(-c3ccc(F)c(Br)c3)no2)cc1. The Morgan fingerprint density at radius 3 is 2.75 bits per heavy atom. The van der Waals surface area contributed by atoms with Crippen LogP contribution in [0.2, 0.25) is 0 Å². The highest BCUT2D eigenvalue weighted by atomic mass is 79.9. The molecule has 9 heteroatoms. The average molecular weight is 499 g/mol. The molecule has 4 rings (SSSR count). The van der Waals surface area contributed by atoms with Crippen LogP contribution < -0.4 is 10.1 Å². The van der Waals surface area contributed by atoms with Crippen LogP contribution >= 0.6 is 15.9 Å². The first-order valence-electron chi connectivity index (χ1n) is 9.82. The zero-order valence-corrected chi connectivity index (χ0v) is 19.0. The van der Waals surface area contributed by atoms with E-state index >= 15 is 0 Å². The van der Waals surface area contributed by atoms with Crippen molar-refractivity contribution in [1.29, 1.82) is 0 Å². The number of benzene rings is 2. The second-order valence-corrected chi connectivity index (χ2v) is 7.99. The van der Waals surface area contributed by atoms with Crippen molar-refractivity contribution in [2.24, 2.45) is 0 Å². The molecule has 0 unspecified atom stereocenters. The number of ether oxygens (including phenoxy) is 1. The van der Waals surface area contributed by atoms with E-state index in [4.69, 9.17) is 9.26 Å². The van der Waals surface area contributed by atoms with Crippen molar-refractivity contribution < 1.29 is 18.4 Å². The molecule has 2 aromatic carbocycles. The van der Waals surface area contributed by atoms with E-state index in [1.54, 1.807) is 42.1 Å². The number of nitrogens with one attached hydrogen (secondary N) is 1. The molecule has 0 aliphatic heterocycles. The predicted molar refractivity (Wildman–Crippen MR) is 120 cm³/mol. The molecule has 32 heavy (non-hydrogen) atoms. The Labute approximate surface area is 192 Å². The lowest BCUT2D eigenvalue weighted by atomic mass is 10.1. The van der Waals surface area contributed by atoms with E-state index in [0.29, 0.717) is 21.6 Å². The molecule has 2 heterocycles. The third-order valence-corrected chi connectivity index (χ3v) is 5.57. The Morgan fingerprint density at radius 1 is 1.25 bits per heavy atom. The molecule has 0 spiro atoms. The van der Waals surface area contributed by atoms with E-state index in [-0.39, 0.29) is 30.2 Å². The fourth-order valence-electron chi connectivity index (χ4n) is 3.24. The van der Waals surface area contributed by atoms with Gasteiger partial charge in [0.05, 0.1) is 17.6 Å². The summed E-state index contributed by atoms with van der Waals surface area (Å²) in [5.41, 5.74) is 2.19. The third kappa shape index (κ3) is 4.72. The fourth-order valence-corrected chi connectivity index (χ4v) is 3.62. The van der Waals surface area contributed by atoms with Crippen LogP contribution in [0.5, 0.6) is 5.75 Å². The zero-order chi connectivity index (χ0) is 22.7. The predicted octanol–water partition coefficient (Wildman–Crippen LogP) is 4.99. The van der Waals surface area contributed by atoms with Crippen LogP contribution in [-0.4, -0.2) is 27.7 Å². The number of rotatable bonds is 7. The van der Waals surface area contributed by atoms with Gasteiger partial charge in [-0.15, -0.1) is 0 Å². The highest BCUT2D eigenvalue weighted by Crippen LogP contribution is 2.26. The van der Waals surface area contributed by atoms with Gasteiger partial charge in [0.25, 0.3) is 5.89 Å². The van der Waals surface area contributed by atoms with Gasteiger partial charge in [-0.3, -0.25) is 4.79 Å². The molecule has 1 N–H and O–H groups in total. The van der Waals surface area contributed by atoms with Crippen molar-refractivity contribution >= 4 is 21.8 Å². The van der Waals surface area contributed by atoms with E-state index in [2.05, 4.69) is 31.4 Å². The molecule has 7 nitrogen and oxygen atoms in total. The van der Waals surface area contributed by atoms with E-state index in [1.165, 1.54) is 6.07 Å². The summed E-state index contributed by atoms with van der Waals surface area (Å²) in [5, 5.41) is 6.97. The second-order valence-electron chi connectivity index (χ2n) is 7.14. The number of hydrogen-bond acceptors (Lipinski definition) is 5. The van der Waals surface area contributed by atoms with Crippen molar-refractivity contribution in [3.05, 3.63) is 76.6 Å². The molecule has 0 radical (unpaired) electrons. The van der Waals surface area contributed by atoms with Crippen molar-refractivity contribution in [2.75, 3.05) is 7.11 Å². The van der Waals surface area contributed by atoms with Crippen molar-refractivity contribution in [3.8, 4) is 28.7 Å². The molecule has 0 bridgehead atoms. The van der Waals surface area contributed by atoms with E-state index < -0.39 is 0 Å². The van der Waals surface area contributed by atoms with Crippen molar-refractivity contribution in [1.82, 2.24) is 20.0 Å². The van der Waals surface area contributed by atoms with Gasteiger partial charge in [0.2, 0.25) is 11.7 Å². The first kappa shape index (κ1) is 21.8. The average Bonchev–Trinajstić information content (AvgIpc) is 3.45. The summed E-state index contributed by atoms with van der Waals surface area (Å²) in [6.07, 6.45) is 1.77. The first-order valence-corrected chi connectivity index (χ1v) is 10.6. The molecule has 1 atom stereocenters. The number of hydrogen-bond donors (Lipinski definition) is 1. The number of carbonyl (C=O) groups is 1. The highest BCUT2D eigenvalue weighted by molar-refractivity contribution is 9.10. The smallest absolute Gasteiger partial charge is 0.274 e. The maximum Gasteiger partial charge on any atom is 0.274 e. The summed E-state index contributed by atoms with van der Waals surface area (Å²) < 4.78 is 26.1. The quantitative estimate of drug-likeness (QED) is 0.388. The zero-order valence-electron chi connectivity index (χ0n) is 17.4. The Hall–Kier alpha value is -3.46. The molecule has 164 valence electrons. The van der Waals surface area contributed by atoms with Gasteiger partial charge in [0.15, 0.2) is 0 Å². The van der Waals surface area contributed by atoms with E-state index in [9.17, 15) is 9.18 Å². The second kappa shape index (κ2) is 9.35. The van der Waals surface area contributed by atoms with E-state index in [1.807, 2.05) is 31.2 Å². The number of nitrogens with zero attached hydrogens (tertiary/aromatic N) is 3. The molecular weight excluding hydrogens is 479 g/mol. The van der Waals surface area contributed by atoms with Crippen molar-refractivity contribution in [3.63, 3.8) is 0 Å². The molecule has 0 aliphatic rings. The van der Waals surface area contributed by atoms with Crippen LogP contribution in [0.1, 0.15) is 18.5 Å². The molecule has 4 aromatic rings. The Bertz CT molecular complexity index is 1240. The monoisotopic (exact) mass is 498 g/mol. The summed E-state index contributed by atoms with van der Waals surface area (Å²) in [6.45, 7) is 2.00. The van der Waals surface area contributed by atoms with Gasteiger partial charge < -0.3 is 19.1 Å².